The number of carbonyl (C=O) groups is 2. The molecule has 1 amide bonds. The molecule has 1 fully saturated rings. The normalized spacial score (nSPS) is 17.9. The summed E-state index contributed by atoms with van der Waals surface area (Å²) >= 11 is 0. The summed E-state index contributed by atoms with van der Waals surface area (Å²) in [7, 11) is 0. The van der Waals surface area contributed by atoms with Crippen LogP contribution in [0.1, 0.15) is 22.3 Å². The minimum absolute atomic E-state index is 0.0349. The minimum Gasteiger partial charge on any atom is -0.481 e. The van der Waals surface area contributed by atoms with E-state index in [0.717, 1.165) is 5.56 Å². The van der Waals surface area contributed by atoms with Crippen molar-refractivity contribution in [1.29, 1.82) is 0 Å². The average molecular weight is 331 g/mol. The van der Waals surface area contributed by atoms with E-state index in [9.17, 15) is 14.4 Å². The SMILES string of the molecule is Cc1ccn2c(=O)c(C(=O)N3CCOC(CC(=O)O)C3)cnc2c1. The molecule has 0 radical (unpaired) electrons. The lowest BCUT2D eigenvalue weighted by molar-refractivity contribution is -0.141. The molecule has 0 aliphatic carbocycles. The number of carboxylic acids is 1. The van der Waals surface area contributed by atoms with E-state index in [4.69, 9.17) is 9.84 Å². The van der Waals surface area contributed by atoms with E-state index in [1.807, 2.05) is 6.92 Å². The Morgan fingerprint density at radius 1 is 1.46 bits per heavy atom. The van der Waals surface area contributed by atoms with Gasteiger partial charge < -0.3 is 14.7 Å². The van der Waals surface area contributed by atoms with E-state index in [1.54, 1.807) is 18.3 Å². The first-order valence-electron chi connectivity index (χ1n) is 7.56. The summed E-state index contributed by atoms with van der Waals surface area (Å²) in [5.41, 5.74) is 0.964. The largest absolute Gasteiger partial charge is 0.481 e. The first kappa shape index (κ1) is 16.1. The molecule has 0 bridgehead atoms. The maximum absolute atomic E-state index is 12.6. The van der Waals surface area contributed by atoms with Gasteiger partial charge in [0.2, 0.25) is 0 Å². The van der Waals surface area contributed by atoms with Crippen molar-refractivity contribution in [1.82, 2.24) is 14.3 Å². The number of morpholine rings is 1. The lowest BCUT2D eigenvalue weighted by Gasteiger charge is -2.32. The van der Waals surface area contributed by atoms with Crippen LogP contribution < -0.4 is 5.56 Å². The van der Waals surface area contributed by atoms with Crippen LogP contribution in [0, 0.1) is 6.92 Å². The Kier molecular flexibility index (Phi) is 4.30. The van der Waals surface area contributed by atoms with Crippen LogP contribution in [0.5, 0.6) is 0 Å². The van der Waals surface area contributed by atoms with E-state index >= 15 is 0 Å². The molecule has 1 N–H and O–H groups in total. The molecule has 1 aliphatic rings. The Hall–Kier alpha value is -2.74. The highest BCUT2D eigenvalue weighted by molar-refractivity contribution is 5.93. The van der Waals surface area contributed by atoms with Crippen molar-refractivity contribution in [2.24, 2.45) is 0 Å². The fraction of sp³-hybridized carbons (Fsp3) is 0.375. The second kappa shape index (κ2) is 6.40. The summed E-state index contributed by atoms with van der Waals surface area (Å²) in [5.74, 6) is -1.45. The number of hydrogen-bond donors (Lipinski definition) is 1. The van der Waals surface area contributed by atoms with E-state index in [1.165, 1.54) is 15.5 Å². The van der Waals surface area contributed by atoms with Gasteiger partial charge in [0.15, 0.2) is 0 Å². The van der Waals surface area contributed by atoms with Crippen LogP contribution in [0.25, 0.3) is 5.65 Å². The smallest absolute Gasteiger partial charge is 0.306 e. The number of amides is 1. The van der Waals surface area contributed by atoms with Gasteiger partial charge in [0.1, 0.15) is 11.2 Å². The summed E-state index contributed by atoms with van der Waals surface area (Å²) in [6, 6.07) is 3.52. The number of carboxylic acid groups (broad SMARTS) is 1. The summed E-state index contributed by atoms with van der Waals surface area (Å²) in [6.07, 6.45) is 2.11. The summed E-state index contributed by atoms with van der Waals surface area (Å²) < 4.78 is 6.67. The van der Waals surface area contributed by atoms with Crippen molar-refractivity contribution >= 4 is 17.5 Å². The number of rotatable bonds is 3. The minimum atomic E-state index is -0.989. The molecule has 0 aromatic carbocycles. The Bertz CT molecular complexity index is 860. The Morgan fingerprint density at radius 2 is 2.25 bits per heavy atom. The van der Waals surface area contributed by atoms with Gasteiger partial charge in [-0.15, -0.1) is 0 Å². The van der Waals surface area contributed by atoms with Gasteiger partial charge in [-0.05, 0) is 24.6 Å². The van der Waals surface area contributed by atoms with Crippen molar-refractivity contribution in [3.63, 3.8) is 0 Å². The predicted octanol–water partition coefficient (Wildman–Crippen LogP) is 0.319. The van der Waals surface area contributed by atoms with Crippen molar-refractivity contribution in [2.75, 3.05) is 19.7 Å². The van der Waals surface area contributed by atoms with Gasteiger partial charge in [0.25, 0.3) is 11.5 Å². The first-order chi connectivity index (χ1) is 11.5. The molecule has 1 atom stereocenters. The zero-order valence-corrected chi connectivity index (χ0v) is 13.1. The number of hydrogen-bond acceptors (Lipinski definition) is 5. The zero-order valence-electron chi connectivity index (χ0n) is 13.1. The molecular weight excluding hydrogens is 314 g/mol. The molecule has 1 aliphatic heterocycles. The number of pyridine rings is 1. The second-order valence-electron chi connectivity index (χ2n) is 5.75. The highest BCUT2D eigenvalue weighted by atomic mass is 16.5. The third-order valence-electron chi connectivity index (χ3n) is 3.92. The first-order valence-corrected chi connectivity index (χ1v) is 7.56. The van der Waals surface area contributed by atoms with Gasteiger partial charge >= 0.3 is 5.97 Å². The maximum Gasteiger partial charge on any atom is 0.306 e. The maximum atomic E-state index is 12.6. The van der Waals surface area contributed by atoms with Gasteiger partial charge in [-0.1, -0.05) is 0 Å². The highest BCUT2D eigenvalue weighted by Gasteiger charge is 2.28. The molecule has 2 aromatic rings. The van der Waals surface area contributed by atoms with Crippen LogP contribution >= 0.6 is 0 Å². The second-order valence-corrected chi connectivity index (χ2v) is 5.75. The lowest BCUT2D eigenvalue weighted by atomic mass is 10.2. The Labute approximate surface area is 137 Å². The number of carbonyl (C=O) groups excluding carboxylic acids is 1. The third kappa shape index (κ3) is 3.13. The van der Waals surface area contributed by atoms with Crippen molar-refractivity contribution in [3.8, 4) is 0 Å². The third-order valence-corrected chi connectivity index (χ3v) is 3.92. The lowest BCUT2D eigenvalue weighted by Crippen LogP contribution is -2.47. The highest BCUT2D eigenvalue weighted by Crippen LogP contribution is 2.12. The number of fused-ring (bicyclic) bond motifs is 1. The van der Waals surface area contributed by atoms with Crippen LogP contribution in [0.3, 0.4) is 0 Å². The molecule has 3 rings (SSSR count). The van der Waals surface area contributed by atoms with E-state index < -0.39 is 23.5 Å². The fourth-order valence-electron chi connectivity index (χ4n) is 2.72. The molecule has 1 unspecified atom stereocenters. The molecule has 2 aromatic heterocycles. The van der Waals surface area contributed by atoms with Crippen molar-refractivity contribution in [2.45, 2.75) is 19.4 Å². The molecule has 24 heavy (non-hydrogen) atoms. The summed E-state index contributed by atoms with van der Waals surface area (Å²) in [6.45, 7) is 2.58. The zero-order chi connectivity index (χ0) is 17.3. The van der Waals surface area contributed by atoms with Gasteiger partial charge in [-0.2, -0.15) is 0 Å². The molecule has 1 saturated heterocycles. The fourth-order valence-corrected chi connectivity index (χ4v) is 2.72. The molecule has 3 heterocycles. The molecule has 8 heteroatoms. The van der Waals surface area contributed by atoms with Gasteiger partial charge in [0.05, 0.1) is 19.1 Å². The van der Waals surface area contributed by atoms with Crippen molar-refractivity contribution < 1.29 is 19.4 Å². The molecular formula is C16H17N3O5. The standard InChI is InChI=1S/C16H17N3O5/c1-10-2-3-19-13(6-10)17-8-12(16(19)23)15(22)18-4-5-24-11(9-18)7-14(20)21/h2-3,6,8,11H,4-5,7,9H2,1H3,(H,20,21). The van der Waals surface area contributed by atoms with Gasteiger partial charge in [-0.3, -0.25) is 18.8 Å². The average Bonchev–Trinajstić information content (AvgIpc) is 2.54. The number of aliphatic carboxylic acids is 1. The van der Waals surface area contributed by atoms with Crippen LogP contribution in [-0.2, 0) is 9.53 Å². The molecule has 0 spiro atoms. The predicted molar refractivity (Wildman–Crippen MR) is 84.1 cm³/mol. The summed E-state index contributed by atoms with van der Waals surface area (Å²) in [5, 5.41) is 8.85. The number of aromatic nitrogens is 2. The van der Waals surface area contributed by atoms with Crippen LogP contribution in [0.4, 0.5) is 0 Å². The van der Waals surface area contributed by atoms with Gasteiger partial charge in [-0.25, -0.2) is 4.98 Å². The number of nitrogens with zero attached hydrogens (tertiary/aromatic N) is 3. The molecule has 126 valence electrons. The molecule has 0 saturated carbocycles. The number of aryl methyl sites for hydroxylation is 1. The van der Waals surface area contributed by atoms with Crippen LogP contribution in [0.15, 0.2) is 29.3 Å². The topological polar surface area (TPSA) is 101 Å². The van der Waals surface area contributed by atoms with E-state index in [2.05, 4.69) is 4.98 Å². The van der Waals surface area contributed by atoms with E-state index in [0.29, 0.717) is 12.2 Å². The number of ether oxygens (including phenoxy) is 1. The monoisotopic (exact) mass is 331 g/mol. The quantitative estimate of drug-likeness (QED) is 0.869. The van der Waals surface area contributed by atoms with E-state index in [-0.39, 0.29) is 25.1 Å². The van der Waals surface area contributed by atoms with Crippen LogP contribution in [-0.4, -0.2) is 57.1 Å². The Balaban J connectivity index is 1.88. The van der Waals surface area contributed by atoms with Gasteiger partial charge in [0, 0.05) is 25.5 Å². The summed E-state index contributed by atoms with van der Waals surface area (Å²) in [4.78, 5) is 41.6. The van der Waals surface area contributed by atoms with Crippen LogP contribution in [0.2, 0.25) is 0 Å². The Morgan fingerprint density at radius 3 is 3.00 bits per heavy atom. The van der Waals surface area contributed by atoms with Crippen molar-refractivity contribution in [3.05, 3.63) is 46.0 Å². The molecule has 8 nitrogen and oxygen atoms in total.